The summed E-state index contributed by atoms with van der Waals surface area (Å²) in [6.07, 6.45) is 6.16. The van der Waals surface area contributed by atoms with Crippen molar-refractivity contribution >= 4 is 28.7 Å². The molecule has 0 aliphatic heterocycles. The van der Waals surface area contributed by atoms with Crippen molar-refractivity contribution in [3.8, 4) is 17.1 Å². The normalized spacial score (nSPS) is 14.5. The first kappa shape index (κ1) is 36.1. The first-order valence-electron chi connectivity index (χ1n) is 16.3. The number of unbranched alkanes of at least 4 members (excludes halogenated alkanes) is 2. The third-order valence-electron chi connectivity index (χ3n) is 8.70. The van der Waals surface area contributed by atoms with E-state index in [4.69, 9.17) is 13.9 Å². The molecule has 0 N–H and O–H groups in total. The molecular formula is C39H58O4S. The van der Waals surface area contributed by atoms with Gasteiger partial charge < -0.3 is 13.9 Å². The number of carbonyl (C=O) groups excluding carboxylic acids is 1. The third-order valence-corrected chi connectivity index (χ3v) is 9.88. The quantitative estimate of drug-likeness (QED) is 0.108. The number of furan rings is 1. The molecule has 0 amide bonds. The van der Waals surface area contributed by atoms with E-state index in [-0.39, 0.29) is 21.5 Å². The van der Waals surface area contributed by atoms with Crippen LogP contribution in [0, 0.1) is 16.2 Å². The molecule has 4 nitrogen and oxygen atoms in total. The van der Waals surface area contributed by atoms with Gasteiger partial charge in [0.05, 0.1) is 18.1 Å². The van der Waals surface area contributed by atoms with E-state index in [9.17, 15) is 4.79 Å². The lowest BCUT2D eigenvalue weighted by Gasteiger charge is -2.45. The van der Waals surface area contributed by atoms with Gasteiger partial charge in [0.1, 0.15) is 22.7 Å². The maximum atomic E-state index is 13.8. The molecule has 1 aromatic heterocycles. The summed E-state index contributed by atoms with van der Waals surface area (Å²) in [5.41, 5.74) is 1.67. The summed E-state index contributed by atoms with van der Waals surface area (Å²) in [6, 6.07) is 14.9. The Bertz CT molecular complexity index is 1420. The molecular weight excluding hydrogens is 564 g/mol. The van der Waals surface area contributed by atoms with Gasteiger partial charge in [0, 0.05) is 21.4 Å². The smallest absolute Gasteiger partial charge is 0.312 e. The zero-order valence-corrected chi connectivity index (χ0v) is 30.6. The van der Waals surface area contributed by atoms with Crippen molar-refractivity contribution in [2.75, 3.05) is 7.11 Å². The molecule has 3 aromatic rings. The summed E-state index contributed by atoms with van der Waals surface area (Å²) in [7, 11) is 1.72. The average Bonchev–Trinajstić information content (AvgIpc) is 3.29. The topological polar surface area (TPSA) is 48.7 Å². The summed E-state index contributed by atoms with van der Waals surface area (Å²) in [4.78, 5) is 14.9. The second-order valence-electron chi connectivity index (χ2n) is 16.3. The minimum atomic E-state index is -0.626. The summed E-state index contributed by atoms with van der Waals surface area (Å²) >= 11 is 1.79. The molecule has 44 heavy (non-hydrogen) atoms. The Morgan fingerprint density at radius 2 is 1.52 bits per heavy atom. The predicted octanol–water partition coefficient (Wildman–Crippen LogP) is 11.9. The fourth-order valence-electron chi connectivity index (χ4n) is 6.37. The average molecular weight is 623 g/mol. The zero-order valence-electron chi connectivity index (χ0n) is 29.8. The van der Waals surface area contributed by atoms with Crippen LogP contribution in [0.4, 0.5) is 0 Å². The van der Waals surface area contributed by atoms with Gasteiger partial charge in [0.15, 0.2) is 0 Å². The van der Waals surface area contributed by atoms with E-state index < -0.39 is 11.0 Å². The Labute approximate surface area is 272 Å². The molecule has 0 bridgehead atoms. The third kappa shape index (κ3) is 9.31. The molecule has 1 heterocycles. The number of rotatable bonds is 13. The van der Waals surface area contributed by atoms with Crippen LogP contribution in [0.5, 0.6) is 5.75 Å². The van der Waals surface area contributed by atoms with Crippen LogP contribution in [-0.4, -0.2) is 23.4 Å². The number of benzene rings is 2. The molecule has 1 unspecified atom stereocenters. The zero-order chi connectivity index (χ0) is 33.1. The molecule has 0 aliphatic carbocycles. The van der Waals surface area contributed by atoms with E-state index in [1.165, 1.54) is 24.8 Å². The largest absolute Gasteiger partial charge is 0.496 e. The second kappa shape index (κ2) is 13.5. The van der Waals surface area contributed by atoms with Crippen LogP contribution in [0.3, 0.4) is 0 Å². The molecule has 2 aromatic carbocycles. The molecule has 3 rings (SSSR count). The highest BCUT2D eigenvalue weighted by molar-refractivity contribution is 8.00. The highest BCUT2D eigenvalue weighted by Crippen LogP contribution is 2.49. The van der Waals surface area contributed by atoms with Gasteiger partial charge in [-0.15, -0.1) is 11.8 Å². The van der Waals surface area contributed by atoms with Crippen LogP contribution < -0.4 is 4.74 Å². The van der Waals surface area contributed by atoms with Crippen LogP contribution in [0.1, 0.15) is 121 Å². The molecule has 244 valence electrons. The second-order valence-corrected chi connectivity index (χ2v) is 18.1. The van der Waals surface area contributed by atoms with Crippen molar-refractivity contribution in [3.05, 3.63) is 48.0 Å². The number of methoxy groups -OCH3 is 1. The molecule has 0 radical (unpaired) electrons. The van der Waals surface area contributed by atoms with E-state index in [1.807, 2.05) is 13.8 Å². The Morgan fingerprint density at radius 1 is 0.841 bits per heavy atom. The number of fused-ring (bicyclic) bond motifs is 1. The summed E-state index contributed by atoms with van der Waals surface area (Å²) in [6.45, 7) is 25.8. The highest BCUT2D eigenvalue weighted by Gasteiger charge is 2.49. The van der Waals surface area contributed by atoms with Crippen molar-refractivity contribution in [1.82, 2.24) is 0 Å². The number of hydrogen-bond donors (Lipinski definition) is 0. The molecule has 0 fully saturated rings. The molecule has 0 saturated carbocycles. The fourth-order valence-corrected chi connectivity index (χ4v) is 7.73. The Hall–Kier alpha value is -2.40. The molecule has 0 spiro atoms. The maximum absolute atomic E-state index is 13.8. The van der Waals surface area contributed by atoms with Crippen molar-refractivity contribution < 1.29 is 18.7 Å². The van der Waals surface area contributed by atoms with Crippen LogP contribution in [0.2, 0.25) is 0 Å². The minimum absolute atomic E-state index is 0.00745. The number of aryl methyl sites for hydroxylation is 1. The molecule has 0 saturated heterocycles. The SMILES string of the molecule is CCCCCc1ccc(-c2cc3ccc(SC(C)(C)CC(C)(C)OC(=O)C(C)(CC(C)(C)C)C(C)(C)C)cc3o2)c(OC)c1. The number of thioether (sulfide) groups is 1. The van der Waals surface area contributed by atoms with Crippen LogP contribution in [0.25, 0.3) is 22.3 Å². The van der Waals surface area contributed by atoms with E-state index in [0.29, 0.717) is 6.42 Å². The Kier molecular flexibility index (Phi) is 11.1. The molecule has 5 heteroatoms. The van der Waals surface area contributed by atoms with Crippen molar-refractivity contribution in [1.29, 1.82) is 0 Å². The van der Waals surface area contributed by atoms with Gasteiger partial charge in [-0.1, -0.05) is 81.2 Å². The highest BCUT2D eigenvalue weighted by atomic mass is 32.2. The predicted molar refractivity (Wildman–Crippen MR) is 188 cm³/mol. The number of esters is 1. The summed E-state index contributed by atoms with van der Waals surface area (Å²) in [5.74, 6) is 1.54. The Balaban J connectivity index is 1.77. The summed E-state index contributed by atoms with van der Waals surface area (Å²) < 4.78 is 18.3. The van der Waals surface area contributed by atoms with E-state index >= 15 is 0 Å². The lowest BCUT2D eigenvalue weighted by molar-refractivity contribution is -0.179. The van der Waals surface area contributed by atoms with Gasteiger partial charge in [0.25, 0.3) is 0 Å². The lowest BCUT2D eigenvalue weighted by Crippen LogP contribution is -2.48. The Morgan fingerprint density at radius 3 is 2.11 bits per heavy atom. The summed E-state index contributed by atoms with van der Waals surface area (Å²) in [5, 5.41) is 1.06. The van der Waals surface area contributed by atoms with Gasteiger partial charge in [-0.2, -0.15) is 0 Å². The van der Waals surface area contributed by atoms with Gasteiger partial charge in [-0.05, 0) is 92.8 Å². The number of hydrogen-bond acceptors (Lipinski definition) is 5. The van der Waals surface area contributed by atoms with Crippen LogP contribution >= 0.6 is 11.8 Å². The van der Waals surface area contributed by atoms with Crippen molar-refractivity contribution in [2.24, 2.45) is 16.2 Å². The maximum Gasteiger partial charge on any atom is 0.312 e. The first-order valence-corrected chi connectivity index (χ1v) is 17.1. The number of ether oxygens (including phenoxy) is 2. The first-order chi connectivity index (χ1) is 20.2. The van der Waals surface area contributed by atoms with E-state index in [1.54, 1.807) is 18.9 Å². The van der Waals surface area contributed by atoms with E-state index in [2.05, 4.69) is 112 Å². The van der Waals surface area contributed by atoms with E-state index in [0.717, 1.165) is 45.8 Å². The van der Waals surface area contributed by atoms with Gasteiger partial charge >= 0.3 is 5.97 Å². The standard InChI is InChI=1S/C39H58O4S/c1-14-15-16-17-27-18-21-30(32(22-27)41-13)33-23-28-19-20-29(24-31(28)42-33)44-38(10,11)26-37(8,9)43-34(40)39(12,36(5,6)7)25-35(2,3)4/h18-24H,14-17,25-26H2,1-13H3. The number of carbonyl (C=O) groups is 1. The molecule has 1 atom stereocenters. The molecule has 0 aliphatic rings. The monoisotopic (exact) mass is 622 g/mol. The van der Waals surface area contributed by atoms with Gasteiger partial charge in [-0.25, -0.2) is 0 Å². The lowest BCUT2D eigenvalue weighted by atomic mass is 9.61. The fraction of sp³-hybridized carbons (Fsp3) is 0.615. The van der Waals surface area contributed by atoms with Crippen molar-refractivity contribution in [2.45, 2.75) is 137 Å². The minimum Gasteiger partial charge on any atom is -0.496 e. The van der Waals surface area contributed by atoms with Crippen LogP contribution in [-0.2, 0) is 16.0 Å². The van der Waals surface area contributed by atoms with Crippen molar-refractivity contribution in [3.63, 3.8) is 0 Å². The van der Waals surface area contributed by atoms with Gasteiger partial charge in [-0.3, -0.25) is 4.79 Å². The van der Waals surface area contributed by atoms with Gasteiger partial charge in [0.2, 0.25) is 0 Å². The van der Waals surface area contributed by atoms with Crippen LogP contribution in [0.15, 0.2) is 51.8 Å².